The summed E-state index contributed by atoms with van der Waals surface area (Å²) in [7, 11) is 0. The van der Waals surface area contributed by atoms with Crippen molar-refractivity contribution in [1.29, 1.82) is 0 Å². The highest BCUT2D eigenvalue weighted by Crippen LogP contribution is 2.22. The van der Waals surface area contributed by atoms with Gasteiger partial charge in [-0.2, -0.15) is 0 Å². The topological polar surface area (TPSA) is 90.7 Å². The lowest BCUT2D eigenvalue weighted by atomic mass is 10.1. The van der Waals surface area contributed by atoms with E-state index in [4.69, 9.17) is 21.1 Å². The normalized spacial score (nSPS) is 19.3. The van der Waals surface area contributed by atoms with Crippen LogP contribution in [0.2, 0.25) is 5.15 Å². The van der Waals surface area contributed by atoms with Crippen LogP contribution in [0.4, 0.5) is 5.82 Å². The lowest BCUT2D eigenvalue weighted by molar-refractivity contribution is -0.235. The first-order chi connectivity index (χ1) is 8.87. The number of rotatable bonds is 2. The van der Waals surface area contributed by atoms with Crippen LogP contribution >= 0.6 is 11.6 Å². The van der Waals surface area contributed by atoms with E-state index in [2.05, 4.69) is 15.2 Å². The van der Waals surface area contributed by atoms with Crippen LogP contribution in [0.15, 0.2) is 17.1 Å². The standard InChI is InChI=1S/C11H10ClN3O4/c1-11(2)18-9(16)6(10(17)19-11)5-13-8-4-3-7(12)14-15-8/h3-6H,1-2H3/b13-5+. The van der Waals surface area contributed by atoms with Gasteiger partial charge in [-0.15, -0.1) is 10.2 Å². The van der Waals surface area contributed by atoms with Crippen LogP contribution in [0.3, 0.4) is 0 Å². The molecule has 2 rings (SSSR count). The zero-order valence-electron chi connectivity index (χ0n) is 10.2. The van der Waals surface area contributed by atoms with Crippen LogP contribution in [0, 0.1) is 5.92 Å². The Bertz CT molecular complexity index is 521. The molecule has 0 bridgehead atoms. The van der Waals surface area contributed by atoms with Gasteiger partial charge in [0.1, 0.15) is 0 Å². The molecule has 2 heterocycles. The van der Waals surface area contributed by atoms with E-state index in [1.165, 1.54) is 26.0 Å². The van der Waals surface area contributed by atoms with Gasteiger partial charge in [0.2, 0.25) is 0 Å². The third-order valence-electron chi connectivity index (χ3n) is 2.17. The first-order valence-electron chi connectivity index (χ1n) is 5.36. The summed E-state index contributed by atoms with van der Waals surface area (Å²) in [6, 6.07) is 2.98. The van der Waals surface area contributed by atoms with Gasteiger partial charge in [-0.05, 0) is 12.1 Å². The number of ether oxygens (including phenoxy) is 2. The molecule has 1 aliphatic rings. The highest BCUT2D eigenvalue weighted by Gasteiger charge is 2.42. The first kappa shape index (κ1) is 13.4. The van der Waals surface area contributed by atoms with Gasteiger partial charge in [-0.1, -0.05) is 11.6 Å². The monoisotopic (exact) mass is 283 g/mol. The fraction of sp³-hybridized carbons (Fsp3) is 0.364. The van der Waals surface area contributed by atoms with Gasteiger partial charge in [0.15, 0.2) is 16.9 Å². The molecule has 19 heavy (non-hydrogen) atoms. The number of halogens is 1. The number of aliphatic imine (C=N–C) groups is 1. The number of nitrogens with zero attached hydrogens (tertiary/aromatic N) is 3. The van der Waals surface area contributed by atoms with Gasteiger partial charge in [0, 0.05) is 20.1 Å². The lowest BCUT2D eigenvalue weighted by Crippen LogP contribution is -2.46. The van der Waals surface area contributed by atoms with Crippen molar-refractivity contribution in [1.82, 2.24) is 10.2 Å². The lowest BCUT2D eigenvalue weighted by Gasteiger charge is -2.31. The van der Waals surface area contributed by atoms with Crippen molar-refractivity contribution >= 4 is 35.6 Å². The Hall–Kier alpha value is -2.02. The zero-order valence-corrected chi connectivity index (χ0v) is 10.9. The number of carbonyl (C=O) groups excluding carboxylic acids is 2. The van der Waals surface area contributed by atoms with Crippen LogP contribution in [0.5, 0.6) is 0 Å². The van der Waals surface area contributed by atoms with Crippen LogP contribution in [-0.4, -0.2) is 34.1 Å². The van der Waals surface area contributed by atoms with Crippen molar-refractivity contribution in [2.75, 3.05) is 0 Å². The number of aromatic nitrogens is 2. The van der Waals surface area contributed by atoms with Gasteiger partial charge in [0.25, 0.3) is 5.79 Å². The molecular weight excluding hydrogens is 274 g/mol. The summed E-state index contributed by atoms with van der Waals surface area (Å²) in [6.45, 7) is 2.95. The molecule has 1 fully saturated rings. The summed E-state index contributed by atoms with van der Waals surface area (Å²) < 4.78 is 9.87. The van der Waals surface area contributed by atoms with Crippen molar-refractivity contribution in [2.45, 2.75) is 19.6 Å². The third-order valence-corrected chi connectivity index (χ3v) is 2.38. The Morgan fingerprint density at radius 3 is 2.42 bits per heavy atom. The van der Waals surface area contributed by atoms with Crippen molar-refractivity contribution in [3.05, 3.63) is 17.3 Å². The summed E-state index contributed by atoms with van der Waals surface area (Å²) in [5.74, 6) is -3.67. The Morgan fingerprint density at radius 1 is 1.26 bits per heavy atom. The van der Waals surface area contributed by atoms with Crippen molar-refractivity contribution in [2.24, 2.45) is 10.9 Å². The Morgan fingerprint density at radius 2 is 1.89 bits per heavy atom. The van der Waals surface area contributed by atoms with Crippen LogP contribution < -0.4 is 0 Å². The van der Waals surface area contributed by atoms with Gasteiger partial charge < -0.3 is 9.47 Å². The minimum absolute atomic E-state index is 0.217. The minimum Gasteiger partial charge on any atom is -0.422 e. The summed E-state index contributed by atoms with van der Waals surface area (Å²) in [5, 5.41) is 7.45. The first-order valence-corrected chi connectivity index (χ1v) is 5.74. The van der Waals surface area contributed by atoms with E-state index in [1.54, 1.807) is 0 Å². The molecule has 1 aromatic rings. The molecular formula is C11H10ClN3O4. The molecule has 0 amide bonds. The fourth-order valence-electron chi connectivity index (χ4n) is 1.38. The smallest absolute Gasteiger partial charge is 0.329 e. The molecule has 1 aliphatic heterocycles. The van der Waals surface area contributed by atoms with Crippen molar-refractivity contribution in [3.8, 4) is 0 Å². The van der Waals surface area contributed by atoms with E-state index in [9.17, 15) is 9.59 Å². The predicted octanol–water partition coefficient (Wildman–Crippen LogP) is 1.28. The van der Waals surface area contributed by atoms with Crippen molar-refractivity contribution in [3.63, 3.8) is 0 Å². The van der Waals surface area contributed by atoms with Crippen molar-refractivity contribution < 1.29 is 19.1 Å². The van der Waals surface area contributed by atoms with Gasteiger partial charge >= 0.3 is 11.9 Å². The fourth-order valence-corrected chi connectivity index (χ4v) is 1.48. The Balaban J connectivity index is 2.12. The highest BCUT2D eigenvalue weighted by molar-refractivity contribution is 6.29. The number of hydrogen-bond donors (Lipinski definition) is 0. The maximum atomic E-state index is 11.6. The van der Waals surface area contributed by atoms with Crippen LogP contribution in [-0.2, 0) is 19.1 Å². The summed E-state index contributed by atoms with van der Waals surface area (Å²) in [5.41, 5.74) is 0. The second kappa shape index (κ2) is 4.93. The average molecular weight is 284 g/mol. The summed E-state index contributed by atoms with van der Waals surface area (Å²) in [4.78, 5) is 27.1. The summed E-state index contributed by atoms with van der Waals surface area (Å²) in [6.07, 6.45) is 1.11. The molecule has 0 radical (unpaired) electrons. The van der Waals surface area contributed by atoms with E-state index >= 15 is 0 Å². The van der Waals surface area contributed by atoms with E-state index in [1.807, 2.05) is 0 Å². The zero-order chi connectivity index (χ0) is 14.0. The predicted molar refractivity (Wildman–Crippen MR) is 64.9 cm³/mol. The molecule has 8 heteroatoms. The molecule has 100 valence electrons. The molecule has 7 nitrogen and oxygen atoms in total. The molecule has 0 aromatic carbocycles. The average Bonchev–Trinajstić information content (AvgIpc) is 2.29. The molecule has 1 saturated heterocycles. The molecule has 0 spiro atoms. The molecule has 0 atom stereocenters. The largest absolute Gasteiger partial charge is 0.422 e. The third kappa shape index (κ3) is 3.25. The summed E-state index contributed by atoms with van der Waals surface area (Å²) >= 11 is 5.56. The minimum atomic E-state index is -1.25. The molecule has 0 aliphatic carbocycles. The van der Waals surface area contributed by atoms with E-state index in [-0.39, 0.29) is 11.0 Å². The van der Waals surface area contributed by atoms with Crippen LogP contribution in [0.25, 0.3) is 0 Å². The van der Waals surface area contributed by atoms with E-state index in [0.29, 0.717) is 0 Å². The second-order valence-corrected chi connectivity index (χ2v) is 4.60. The van der Waals surface area contributed by atoms with E-state index < -0.39 is 23.6 Å². The molecule has 0 unspecified atom stereocenters. The molecule has 0 saturated carbocycles. The number of cyclic esters (lactones) is 2. The van der Waals surface area contributed by atoms with Gasteiger partial charge in [-0.25, -0.2) is 4.99 Å². The number of carbonyl (C=O) groups is 2. The van der Waals surface area contributed by atoms with Gasteiger partial charge in [0.05, 0.1) is 0 Å². The van der Waals surface area contributed by atoms with E-state index in [0.717, 1.165) is 6.21 Å². The quantitative estimate of drug-likeness (QED) is 0.461. The Kier molecular flexibility index (Phi) is 3.48. The number of hydrogen-bond acceptors (Lipinski definition) is 7. The SMILES string of the molecule is CC1(C)OC(=O)C(/C=N/c2ccc(Cl)nn2)C(=O)O1. The highest BCUT2D eigenvalue weighted by atomic mass is 35.5. The van der Waals surface area contributed by atoms with Gasteiger partial charge in [-0.3, -0.25) is 9.59 Å². The Labute approximate surface area is 113 Å². The maximum Gasteiger partial charge on any atom is 0.329 e. The number of esters is 2. The molecule has 1 aromatic heterocycles. The second-order valence-electron chi connectivity index (χ2n) is 4.21. The molecule has 0 N–H and O–H groups in total. The maximum absolute atomic E-state index is 11.6. The van der Waals surface area contributed by atoms with Crippen LogP contribution in [0.1, 0.15) is 13.8 Å².